The fourth-order valence-electron chi connectivity index (χ4n) is 2.76. The van der Waals surface area contributed by atoms with Gasteiger partial charge in [-0.25, -0.2) is 0 Å². The third-order valence-electron chi connectivity index (χ3n) is 3.11. The van der Waals surface area contributed by atoms with Gasteiger partial charge in [0.1, 0.15) is 5.75 Å². The minimum absolute atomic E-state index is 0.120. The maximum atomic E-state index is 5.54. The molecule has 2 heteroatoms. The second kappa shape index (κ2) is 5.56. The van der Waals surface area contributed by atoms with Crippen molar-refractivity contribution in [1.29, 1.82) is 0 Å². The predicted molar refractivity (Wildman–Crippen MR) is 81.9 cm³/mol. The van der Waals surface area contributed by atoms with Crippen LogP contribution < -0.4 is 4.74 Å². The van der Waals surface area contributed by atoms with Crippen molar-refractivity contribution in [3.8, 4) is 5.75 Å². The smallest absolute Gasteiger partial charge is 0.122 e. The molecular weight excluding hydrogens is 240 g/mol. The van der Waals surface area contributed by atoms with Crippen molar-refractivity contribution in [3.05, 3.63) is 23.8 Å². The summed E-state index contributed by atoms with van der Waals surface area (Å²) in [5, 5.41) is 0. The van der Waals surface area contributed by atoms with Crippen LogP contribution in [-0.4, -0.2) is 13.4 Å². The highest BCUT2D eigenvalue weighted by atomic mass is 32.2. The summed E-state index contributed by atoms with van der Waals surface area (Å²) in [5.74, 6) is 1.00. The van der Waals surface area contributed by atoms with Gasteiger partial charge in [-0.2, -0.15) is 0 Å². The van der Waals surface area contributed by atoms with Gasteiger partial charge in [-0.15, -0.1) is 11.8 Å². The van der Waals surface area contributed by atoms with E-state index in [-0.39, 0.29) is 5.41 Å². The van der Waals surface area contributed by atoms with Crippen molar-refractivity contribution < 1.29 is 4.74 Å². The van der Waals surface area contributed by atoms with Gasteiger partial charge in [0.2, 0.25) is 0 Å². The van der Waals surface area contributed by atoms with E-state index in [1.54, 1.807) is 18.9 Å². The highest BCUT2D eigenvalue weighted by Crippen LogP contribution is 2.41. The molecule has 0 fully saturated rings. The summed E-state index contributed by atoms with van der Waals surface area (Å²) < 4.78 is 5.54. The van der Waals surface area contributed by atoms with Crippen LogP contribution in [-0.2, 0) is 5.41 Å². The molecule has 0 heterocycles. The molecule has 0 atom stereocenters. The Labute approximate surface area is 116 Å². The highest BCUT2D eigenvalue weighted by Gasteiger charge is 2.29. The lowest BCUT2D eigenvalue weighted by Crippen LogP contribution is -2.25. The first-order valence-electron chi connectivity index (χ1n) is 6.42. The molecule has 18 heavy (non-hydrogen) atoms. The van der Waals surface area contributed by atoms with Gasteiger partial charge in [-0.1, -0.05) is 34.6 Å². The van der Waals surface area contributed by atoms with Crippen molar-refractivity contribution in [2.24, 2.45) is 5.41 Å². The van der Waals surface area contributed by atoms with Crippen LogP contribution in [0.4, 0.5) is 0 Å². The zero-order chi connectivity index (χ0) is 14.0. The number of hydrogen-bond donors (Lipinski definition) is 0. The summed E-state index contributed by atoms with van der Waals surface area (Å²) in [5.41, 5.74) is 1.74. The molecule has 0 saturated heterocycles. The lowest BCUT2D eigenvalue weighted by molar-refractivity contribution is 0.276. The zero-order valence-electron chi connectivity index (χ0n) is 12.8. The molecule has 1 aromatic carbocycles. The molecule has 0 unspecified atom stereocenters. The van der Waals surface area contributed by atoms with Gasteiger partial charge in [0, 0.05) is 10.5 Å². The Morgan fingerprint density at radius 3 is 2.17 bits per heavy atom. The van der Waals surface area contributed by atoms with E-state index >= 15 is 0 Å². The van der Waals surface area contributed by atoms with Crippen molar-refractivity contribution in [2.45, 2.75) is 51.3 Å². The Bertz CT molecular complexity index is 402. The van der Waals surface area contributed by atoms with Crippen molar-refractivity contribution in [2.75, 3.05) is 13.4 Å². The Kier molecular flexibility index (Phi) is 4.77. The topological polar surface area (TPSA) is 9.23 Å². The Hall–Kier alpha value is -0.630. The quantitative estimate of drug-likeness (QED) is 0.699. The molecule has 0 amide bonds. The van der Waals surface area contributed by atoms with E-state index in [4.69, 9.17) is 4.74 Å². The minimum atomic E-state index is 0.120. The third-order valence-corrected chi connectivity index (χ3v) is 3.83. The van der Waals surface area contributed by atoms with Crippen LogP contribution in [0.2, 0.25) is 0 Å². The number of ether oxygens (including phenoxy) is 1. The second-order valence-electron chi connectivity index (χ2n) is 6.69. The molecular formula is C16H26OS. The van der Waals surface area contributed by atoms with Crippen LogP contribution in [0.3, 0.4) is 0 Å². The summed E-state index contributed by atoms with van der Waals surface area (Å²) in [6.45, 7) is 11.5. The highest BCUT2D eigenvalue weighted by molar-refractivity contribution is 7.98. The van der Waals surface area contributed by atoms with Crippen LogP contribution in [0, 0.1) is 5.41 Å². The Morgan fingerprint density at radius 2 is 1.72 bits per heavy atom. The number of hydrogen-bond acceptors (Lipinski definition) is 2. The van der Waals surface area contributed by atoms with Gasteiger partial charge < -0.3 is 4.74 Å². The van der Waals surface area contributed by atoms with E-state index in [1.165, 1.54) is 10.5 Å². The van der Waals surface area contributed by atoms with E-state index in [9.17, 15) is 0 Å². The first-order valence-corrected chi connectivity index (χ1v) is 7.64. The van der Waals surface area contributed by atoms with Crippen molar-refractivity contribution in [3.63, 3.8) is 0 Å². The summed E-state index contributed by atoms with van der Waals surface area (Å²) in [6, 6.07) is 6.49. The number of benzene rings is 1. The van der Waals surface area contributed by atoms with Gasteiger partial charge in [0.25, 0.3) is 0 Å². The first kappa shape index (κ1) is 15.4. The summed E-state index contributed by atoms with van der Waals surface area (Å²) >= 11 is 1.78. The fourth-order valence-corrected chi connectivity index (χ4v) is 3.20. The molecule has 0 saturated carbocycles. The number of thioether (sulfide) groups is 1. The number of methoxy groups -OCH3 is 1. The van der Waals surface area contributed by atoms with Gasteiger partial charge in [-0.05, 0) is 41.7 Å². The van der Waals surface area contributed by atoms with Crippen LogP contribution >= 0.6 is 11.8 Å². The molecule has 0 aliphatic carbocycles. The summed E-state index contributed by atoms with van der Waals surface area (Å²) in [6.07, 6.45) is 3.25. The molecule has 0 aliphatic heterocycles. The van der Waals surface area contributed by atoms with Gasteiger partial charge in [0.15, 0.2) is 0 Å². The Balaban J connectivity index is 3.20. The maximum absolute atomic E-state index is 5.54. The van der Waals surface area contributed by atoms with E-state index in [1.807, 2.05) is 0 Å². The van der Waals surface area contributed by atoms with Crippen LogP contribution in [0.5, 0.6) is 5.75 Å². The van der Waals surface area contributed by atoms with E-state index in [0.29, 0.717) is 5.41 Å². The molecule has 0 bridgehead atoms. The average Bonchev–Trinajstić information content (AvgIpc) is 2.25. The normalized spacial score (nSPS) is 12.6. The van der Waals surface area contributed by atoms with E-state index in [2.05, 4.69) is 59.1 Å². The van der Waals surface area contributed by atoms with Crippen LogP contribution in [0.15, 0.2) is 23.1 Å². The van der Waals surface area contributed by atoms with Crippen molar-refractivity contribution in [1.82, 2.24) is 0 Å². The molecule has 0 radical (unpaired) electrons. The lowest BCUT2D eigenvalue weighted by atomic mass is 9.72. The first-order chi connectivity index (χ1) is 8.19. The molecule has 1 aromatic rings. The summed E-state index contributed by atoms with van der Waals surface area (Å²) in [4.78, 5) is 1.30. The molecule has 1 nitrogen and oxygen atoms in total. The van der Waals surface area contributed by atoms with E-state index < -0.39 is 0 Å². The zero-order valence-corrected chi connectivity index (χ0v) is 13.6. The summed E-state index contributed by atoms with van der Waals surface area (Å²) in [7, 11) is 1.75. The number of rotatable bonds is 4. The van der Waals surface area contributed by atoms with Crippen molar-refractivity contribution >= 4 is 11.8 Å². The van der Waals surface area contributed by atoms with Crippen LogP contribution in [0.1, 0.15) is 46.6 Å². The van der Waals surface area contributed by atoms with Gasteiger partial charge >= 0.3 is 0 Å². The standard InChI is InChI=1S/C16H26OS/c1-15(2,3)11-16(4,5)13-10-12(18-7)8-9-14(13)17-6/h8-10H,11H2,1-7H3. The Morgan fingerprint density at radius 1 is 1.11 bits per heavy atom. The molecule has 0 aromatic heterocycles. The van der Waals surface area contributed by atoms with Gasteiger partial charge in [-0.3, -0.25) is 0 Å². The molecule has 0 aliphatic rings. The monoisotopic (exact) mass is 266 g/mol. The molecule has 102 valence electrons. The lowest BCUT2D eigenvalue weighted by Gasteiger charge is -2.34. The average molecular weight is 266 g/mol. The molecule has 1 rings (SSSR count). The SMILES string of the molecule is COc1ccc(SC)cc1C(C)(C)CC(C)(C)C. The van der Waals surface area contributed by atoms with Crippen LogP contribution in [0.25, 0.3) is 0 Å². The fraction of sp³-hybridized carbons (Fsp3) is 0.625. The second-order valence-corrected chi connectivity index (χ2v) is 7.57. The third kappa shape index (κ3) is 3.94. The molecule has 0 spiro atoms. The predicted octanol–water partition coefficient (Wildman–Crippen LogP) is 5.13. The maximum Gasteiger partial charge on any atom is 0.122 e. The largest absolute Gasteiger partial charge is 0.496 e. The molecule has 0 N–H and O–H groups in total. The minimum Gasteiger partial charge on any atom is -0.496 e. The van der Waals surface area contributed by atoms with Gasteiger partial charge in [0.05, 0.1) is 7.11 Å². The van der Waals surface area contributed by atoms with E-state index in [0.717, 1.165) is 12.2 Å².